The van der Waals surface area contributed by atoms with Crippen LogP contribution in [0.25, 0.3) is 0 Å². The lowest BCUT2D eigenvalue weighted by Crippen LogP contribution is -2.18. The normalized spacial score (nSPS) is 23.1. The van der Waals surface area contributed by atoms with Crippen LogP contribution in [0.3, 0.4) is 0 Å². The summed E-state index contributed by atoms with van der Waals surface area (Å²) < 4.78 is 0. The lowest BCUT2D eigenvalue weighted by Gasteiger charge is -2.13. The molecule has 0 amide bonds. The van der Waals surface area contributed by atoms with Crippen LogP contribution in [0.5, 0.6) is 0 Å². The average Bonchev–Trinajstić information content (AvgIpc) is 2.59. The van der Waals surface area contributed by atoms with Crippen LogP contribution in [0, 0.1) is 11.3 Å². The number of nitriles is 1. The van der Waals surface area contributed by atoms with Gasteiger partial charge in [0.1, 0.15) is 12.1 Å². The van der Waals surface area contributed by atoms with Gasteiger partial charge in [-0.1, -0.05) is 12.2 Å². The summed E-state index contributed by atoms with van der Waals surface area (Å²) in [6.45, 7) is 0. The molecule has 0 unspecified atom stereocenters. The molecule has 2 rings (SSSR count). The fourth-order valence-electron chi connectivity index (χ4n) is 1.51. The highest BCUT2D eigenvalue weighted by Gasteiger charge is 2.29. The number of rotatable bonds is 1. The Hall–Kier alpha value is -2.15. The number of aliphatic imine (C=N–C) groups is 1. The van der Waals surface area contributed by atoms with Crippen LogP contribution in [0.2, 0.25) is 0 Å². The predicted molar refractivity (Wildman–Crippen MR) is 49.8 cm³/mol. The van der Waals surface area contributed by atoms with Gasteiger partial charge in [-0.25, -0.2) is 4.79 Å². The van der Waals surface area contributed by atoms with Crippen LogP contribution in [0.1, 0.15) is 0 Å². The molecule has 1 atom stereocenters. The molecule has 1 aliphatic heterocycles. The number of carboxylic acids is 1. The number of carboxylic acid groups (broad SMARTS) is 1. The van der Waals surface area contributed by atoms with Crippen molar-refractivity contribution in [2.75, 3.05) is 0 Å². The molecule has 0 saturated heterocycles. The first-order chi connectivity index (χ1) is 6.74. The van der Waals surface area contributed by atoms with Gasteiger partial charge in [0.25, 0.3) is 0 Å². The van der Waals surface area contributed by atoms with Crippen LogP contribution in [0.4, 0.5) is 0 Å². The van der Waals surface area contributed by atoms with Gasteiger partial charge in [-0.2, -0.15) is 5.26 Å². The minimum absolute atomic E-state index is 0.212. The largest absolute Gasteiger partial charge is 0.478 e. The molecule has 0 fully saturated rings. The van der Waals surface area contributed by atoms with E-state index in [4.69, 9.17) is 10.4 Å². The standard InChI is InChI=1S/C10H6N2O2/c11-4-6-5-12-9-7(6)2-1-3-8(9)10(13)14/h1-3,5,9H,(H,13,14)/t9-/m0/s1. The topological polar surface area (TPSA) is 73.5 Å². The summed E-state index contributed by atoms with van der Waals surface area (Å²) in [6, 6.07) is 1.49. The lowest BCUT2D eigenvalue weighted by molar-refractivity contribution is -0.132. The van der Waals surface area contributed by atoms with Crippen molar-refractivity contribution < 1.29 is 9.90 Å². The fourth-order valence-corrected chi connectivity index (χ4v) is 1.51. The molecular formula is C10H6N2O2. The molecule has 0 aromatic heterocycles. The maximum atomic E-state index is 10.8. The third kappa shape index (κ3) is 1.07. The van der Waals surface area contributed by atoms with Gasteiger partial charge in [-0.15, -0.1) is 0 Å². The number of allylic oxidation sites excluding steroid dienone is 3. The third-order valence-corrected chi connectivity index (χ3v) is 2.17. The zero-order chi connectivity index (χ0) is 10.1. The van der Waals surface area contributed by atoms with E-state index in [0.717, 1.165) is 0 Å². The Labute approximate surface area is 80.2 Å². The summed E-state index contributed by atoms with van der Waals surface area (Å²) in [6.07, 6.45) is 6.28. The predicted octanol–water partition coefficient (Wildman–Crippen LogP) is 0.840. The molecule has 4 nitrogen and oxygen atoms in total. The summed E-state index contributed by atoms with van der Waals surface area (Å²) in [4.78, 5) is 14.8. The number of hydrogen-bond acceptors (Lipinski definition) is 3. The van der Waals surface area contributed by atoms with Gasteiger partial charge < -0.3 is 5.11 Å². The van der Waals surface area contributed by atoms with E-state index < -0.39 is 12.0 Å². The van der Waals surface area contributed by atoms with Gasteiger partial charge in [-0.05, 0) is 6.08 Å². The monoisotopic (exact) mass is 186 g/mol. The van der Waals surface area contributed by atoms with Crippen LogP contribution >= 0.6 is 0 Å². The number of fused-ring (bicyclic) bond motifs is 1. The second-order valence-corrected chi connectivity index (χ2v) is 2.95. The molecule has 4 heteroatoms. The number of hydrogen-bond donors (Lipinski definition) is 1. The van der Waals surface area contributed by atoms with E-state index in [1.165, 1.54) is 12.3 Å². The smallest absolute Gasteiger partial charge is 0.334 e. The highest BCUT2D eigenvalue weighted by Crippen LogP contribution is 2.28. The number of carbonyl (C=O) groups is 1. The van der Waals surface area contributed by atoms with Gasteiger partial charge in [0, 0.05) is 11.8 Å². The van der Waals surface area contributed by atoms with Crippen LogP contribution in [-0.4, -0.2) is 23.3 Å². The Morgan fingerprint density at radius 2 is 2.43 bits per heavy atom. The average molecular weight is 186 g/mol. The molecule has 68 valence electrons. The maximum absolute atomic E-state index is 10.8. The van der Waals surface area contributed by atoms with Gasteiger partial charge in [0.05, 0.1) is 11.1 Å². The van der Waals surface area contributed by atoms with E-state index in [9.17, 15) is 4.79 Å². The Balaban J connectivity index is 2.49. The van der Waals surface area contributed by atoms with Crippen molar-refractivity contribution in [3.8, 4) is 6.07 Å². The summed E-state index contributed by atoms with van der Waals surface area (Å²) in [5.74, 6) is -0.992. The first-order valence-electron chi connectivity index (χ1n) is 4.03. The highest BCUT2D eigenvalue weighted by molar-refractivity contribution is 5.96. The van der Waals surface area contributed by atoms with Gasteiger partial charge in [-0.3, -0.25) is 4.99 Å². The van der Waals surface area contributed by atoms with E-state index in [1.54, 1.807) is 12.2 Å². The van der Waals surface area contributed by atoms with Crippen molar-refractivity contribution in [2.24, 2.45) is 4.99 Å². The van der Waals surface area contributed by atoms with Crippen LogP contribution in [-0.2, 0) is 4.79 Å². The van der Waals surface area contributed by atoms with Crippen LogP contribution < -0.4 is 0 Å². The molecule has 1 aliphatic carbocycles. The third-order valence-electron chi connectivity index (χ3n) is 2.17. The Morgan fingerprint density at radius 3 is 3.07 bits per heavy atom. The molecule has 0 radical (unpaired) electrons. The molecule has 0 bridgehead atoms. The Morgan fingerprint density at radius 1 is 1.64 bits per heavy atom. The summed E-state index contributed by atoms with van der Waals surface area (Å²) in [5, 5.41) is 17.6. The van der Waals surface area contributed by atoms with E-state index in [0.29, 0.717) is 11.1 Å². The first-order valence-corrected chi connectivity index (χ1v) is 4.03. The summed E-state index contributed by atoms with van der Waals surface area (Å²) in [7, 11) is 0. The van der Waals surface area contributed by atoms with Crippen molar-refractivity contribution in [1.82, 2.24) is 0 Å². The number of aliphatic carboxylic acids is 1. The Bertz CT molecular complexity index is 461. The summed E-state index contributed by atoms with van der Waals surface area (Å²) in [5.41, 5.74) is 1.33. The van der Waals surface area contributed by atoms with Gasteiger partial charge >= 0.3 is 5.97 Å². The molecule has 0 aromatic carbocycles. The minimum Gasteiger partial charge on any atom is -0.478 e. The van der Waals surface area contributed by atoms with E-state index in [2.05, 4.69) is 4.99 Å². The van der Waals surface area contributed by atoms with E-state index in [1.807, 2.05) is 6.07 Å². The molecule has 0 saturated carbocycles. The molecule has 1 heterocycles. The van der Waals surface area contributed by atoms with Gasteiger partial charge in [0.15, 0.2) is 0 Å². The highest BCUT2D eigenvalue weighted by atomic mass is 16.4. The van der Waals surface area contributed by atoms with Crippen LogP contribution in [0.15, 0.2) is 39.9 Å². The quantitative estimate of drug-likeness (QED) is 0.659. The van der Waals surface area contributed by atoms with E-state index >= 15 is 0 Å². The molecule has 0 aromatic rings. The SMILES string of the molecule is N#CC1=C2C=CC=C(C(=O)O)[C@H]2N=C1. The molecule has 2 aliphatic rings. The molecule has 1 N–H and O–H groups in total. The first kappa shape index (κ1) is 8.45. The van der Waals surface area contributed by atoms with Crippen molar-refractivity contribution >= 4 is 12.2 Å². The van der Waals surface area contributed by atoms with Gasteiger partial charge in [0.2, 0.25) is 0 Å². The Kier molecular flexibility index (Phi) is 1.79. The fraction of sp³-hybridized carbons (Fsp3) is 0.100. The van der Waals surface area contributed by atoms with Crippen molar-refractivity contribution in [3.05, 3.63) is 34.9 Å². The van der Waals surface area contributed by atoms with E-state index in [-0.39, 0.29) is 5.57 Å². The van der Waals surface area contributed by atoms with Crippen molar-refractivity contribution in [2.45, 2.75) is 6.04 Å². The minimum atomic E-state index is -0.992. The lowest BCUT2D eigenvalue weighted by atomic mass is 9.93. The second-order valence-electron chi connectivity index (χ2n) is 2.95. The number of nitrogens with zero attached hydrogens (tertiary/aromatic N) is 2. The van der Waals surface area contributed by atoms with Crippen molar-refractivity contribution in [3.63, 3.8) is 0 Å². The zero-order valence-electron chi connectivity index (χ0n) is 7.14. The molecule has 0 spiro atoms. The summed E-state index contributed by atoms with van der Waals surface area (Å²) >= 11 is 0. The van der Waals surface area contributed by atoms with Crippen molar-refractivity contribution in [1.29, 1.82) is 5.26 Å². The second kappa shape index (κ2) is 2.96. The maximum Gasteiger partial charge on any atom is 0.334 e. The molecular weight excluding hydrogens is 180 g/mol. The zero-order valence-corrected chi connectivity index (χ0v) is 7.14. The molecule has 14 heavy (non-hydrogen) atoms.